The SMILES string of the molecule is C=CS(=O)(=O)NC(=O)Nc1c2c(cc3c1C(C1Cc4cc5c(c(NC(=O)NS(=O)Cc6ccc(Cl)cc6)c4C1)CCC5)CC3)CCC2. The highest BCUT2D eigenvalue weighted by Crippen LogP contribution is 2.51. The van der Waals surface area contributed by atoms with Gasteiger partial charge >= 0.3 is 12.1 Å². The molecule has 9 nitrogen and oxygen atoms in total. The van der Waals surface area contributed by atoms with Gasteiger partial charge in [0.1, 0.15) is 11.0 Å². The first kappa shape index (κ1) is 31.9. The number of carbonyl (C=O) groups excluding carboxylic acids is 2. The largest absolute Gasteiger partial charge is 0.333 e. The summed E-state index contributed by atoms with van der Waals surface area (Å²) in [5, 5.41) is 7.37. The van der Waals surface area contributed by atoms with E-state index in [0.717, 1.165) is 109 Å². The van der Waals surface area contributed by atoms with Crippen LogP contribution in [0.2, 0.25) is 5.02 Å². The minimum absolute atomic E-state index is 0.165. The van der Waals surface area contributed by atoms with E-state index in [4.69, 9.17) is 11.6 Å². The molecule has 0 spiro atoms. The van der Waals surface area contributed by atoms with E-state index in [1.807, 2.05) is 4.72 Å². The van der Waals surface area contributed by atoms with Crippen LogP contribution in [0.25, 0.3) is 0 Å². The van der Waals surface area contributed by atoms with E-state index < -0.39 is 33.1 Å². The van der Waals surface area contributed by atoms with E-state index in [2.05, 4.69) is 34.1 Å². The van der Waals surface area contributed by atoms with Crippen molar-refractivity contribution in [3.05, 3.63) is 103 Å². The van der Waals surface area contributed by atoms with Gasteiger partial charge in [-0.3, -0.25) is 4.72 Å². The lowest BCUT2D eigenvalue weighted by molar-refractivity contribution is 0.255. The third-order valence-electron chi connectivity index (χ3n) is 10.1. The molecule has 3 aromatic rings. The van der Waals surface area contributed by atoms with Gasteiger partial charge < -0.3 is 10.6 Å². The molecule has 0 radical (unpaired) electrons. The summed E-state index contributed by atoms with van der Waals surface area (Å²) in [6.07, 6.45) is 9.08. The van der Waals surface area contributed by atoms with Crippen LogP contribution in [0.1, 0.15) is 75.3 Å². The smallest absolute Gasteiger partial charge is 0.307 e. The fraction of sp³-hybridized carbons (Fsp3) is 0.371. The lowest BCUT2D eigenvalue weighted by Crippen LogP contribution is -2.33. The second kappa shape index (κ2) is 12.7. The van der Waals surface area contributed by atoms with Crippen molar-refractivity contribution < 1.29 is 22.2 Å². The minimum atomic E-state index is -3.94. The van der Waals surface area contributed by atoms with Gasteiger partial charge in [0.2, 0.25) is 0 Å². The first-order valence-electron chi connectivity index (χ1n) is 16.1. The van der Waals surface area contributed by atoms with Gasteiger partial charge in [-0.25, -0.2) is 26.9 Å². The van der Waals surface area contributed by atoms with E-state index in [-0.39, 0.29) is 17.6 Å². The quantitative estimate of drug-likeness (QED) is 0.219. The van der Waals surface area contributed by atoms with E-state index in [1.54, 1.807) is 24.3 Å². The molecule has 0 saturated carbocycles. The summed E-state index contributed by atoms with van der Waals surface area (Å²) in [5.74, 6) is 0.588. The van der Waals surface area contributed by atoms with E-state index in [9.17, 15) is 22.2 Å². The predicted octanol–water partition coefficient (Wildman–Crippen LogP) is 6.34. The molecule has 47 heavy (non-hydrogen) atoms. The van der Waals surface area contributed by atoms with Gasteiger partial charge in [-0.05, 0) is 138 Å². The molecule has 4 aliphatic rings. The number of halogens is 1. The number of aryl methyl sites for hydroxylation is 3. The van der Waals surface area contributed by atoms with Gasteiger partial charge in [-0.2, -0.15) is 0 Å². The van der Waals surface area contributed by atoms with Crippen LogP contribution in [0.15, 0.2) is 48.4 Å². The van der Waals surface area contributed by atoms with Crippen LogP contribution in [0.4, 0.5) is 21.0 Å². The monoisotopic (exact) mass is 692 g/mol. The number of rotatable bonds is 8. The van der Waals surface area contributed by atoms with Gasteiger partial charge in [0.15, 0.2) is 0 Å². The number of hydrogen-bond acceptors (Lipinski definition) is 5. The topological polar surface area (TPSA) is 133 Å². The zero-order chi connectivity index (χ0) is 32.9. The molecule has 3 unspecified atom stereocenters. The van der Waals surface area contributed by atoms with Crippen molar-refractivity contribution in [1.82, 2.24) is 9.44 Å². The lowest BCUT2D eigenvalue weighted by Gasteiger charge is -2.24. The van der Waals surface area contributed by atoms with Gasteiger partial charge in [-0.1, -0.05) is 42.4 Å². The highest BCUT2D eigenvalue weighted by molar-refractivity contribution is 7.92. The van der Waals surface area contributed by atoms with E-state index in [1.165, 1.54) is 22.3 Å². The van der Waals surface area contributed by atoms with Gasteiger partial charge in [0, 0.05) is 21.8 Å². The van der Waals surface area contributed by atoms with E-state index >= 15 is 0 Å². The number of carbonyl (C=O) groups is 2. The minimum Gasteiger partial charge on any atom is -0.307 e. The summed E-state index contributed by atoms with van der Waals surface area (Å²) in [4.78, 5) is 26.1. The van der Waals surface area contributed by atoms with Crippen LogP contribution < -0.4 is 20.1 Å². The Bertz CT molecular complexity index is 1940. The van der Waals surface area contributed by atoms with Crippen molar-refractivity contribution >= 4 is 56.0 Å². The highest BCUT2D eigenvalue weighted by atomic mass is 35.5. The number of hydrogen-bond donors (Lipinski definition) is 4. The number of anilines is 2. The second-order valence-corrected chi connectivity index (χ2v) is 16.2. The summed E-state index contributed by atoms with van der Waals surface area (Å²) in [7, 11) is -5.55. The third kappa shape index (κ3) is 6.45. The van der Waals surface area contributed by atoms with Crippen molar-refractivity contribution in [3.8, 4) is 0 Å². The molecule has 4 N–H and O–H groups in total. The fourth-order valence-corrected chi connectivity index (χ4v) is 9.51. The van der Waals surface area contributed by atoms with Crippen molar-refractivity contribution in [2.45, 2.75) is 75.9 Å². The molecule has 246 valence electrons. The Morgan fingerprint density at radius 3 is 2.21 bits per heavy atom. The maximum Gasteiger partial charge on any atom is 0.333 e. The molecule has 4 aliphatic carbocycles. The molecule has 4 amide bonds. The molecule has 0 aromatic heterocycles. The first-order valence-corrected chi connectivity index (χ1v) is 19.3. The fourth-order valence-electron chi connectivity index (χ4n) is 8.16. The Kier molecular flexibility index (Phi) is 8.65. The normalized spacial score (nSPS) is 19.7. The maximum absolute atomic E-state index is 13.2. The Labute approximate surface area is 282 Å². The zero-order valence-electron chi connectivity index (χ0n) is 25.9. The third-order valence-corrected chi connectivity index (χ3v) is 12.3. The number of sulfonamides is 1. The first-order chi connectivity index (χ1) is 22.6. The summed E-state index contributed by atoms with van der Waals surface area (Å²) in [6.45, 7) is 3.29. The molecular formula is C35H37ClN4O5S2. The number of urea groups is 2. The Morgan fingerprint density at radius 2 is 1.51 bits per heavy atom. The van der Waals surface area contributed by atoms with Crippen molar-refractivity contribution in [3.63, 3.8) is 0 Å². The average Bonchev–Trinajstić information content (AvgIpc) is 3.83. The standard InChI is InChI=1S/C35H37ClN4O5S2/c1-2-47(44,45)40-35(42)38-33-29-8-4-5-21(29)15-23-11-14-27(31(23)33)25-17-24-16-22-6-3-7-28(22)32(30(24)18-25)37-34(41)39-46(43)19-20-9-12-26(36)13-10-20/h2,9-10,12-13,15-16,25,27H,1,3-8,11,14,17-19H2,(H2,37,39,41)(H2,38,40,42). The van der Waals surface area contributed by atoms with Gasteiger partial charge in [-0.15, -0.1) is 0 Å². The number of amides is 4. The molecule has 3 atom stereocenters. The molecule has 7 rings (SSSR count). The predicted molar refractivity (Wildman–Crippen MR) is 186 cm³/mol. The number of benzene rings is 3. The summed E-state index contributed by atoms with van der Waals surface area (Å²) in [6, 6.07) is 10.4. The Morgan fingerprint density at radius 1 is 0.851 bits per heavy atom. The summed E-state index contributed by atoms with van der Waals surface area (Å²) in [5.41, 5.74) is 11.9. The number of nitrogens with one attached hydrogen (secondary N) is 4. The molecule has 0 fully saturated rings. The van der Waals surface area contributed by atoms with Crippen LogP contribution in [-0.2, 0) is 71.7 Å². The van der Waals surface area contributed by atoms with Crippen LogP contribution >= 0.6 is 11.6 Å². The van der Waals surface area contributed by atoms with Crippen LogP contribution in [0.3, 0.4) is 0 Å². The molecule has 12 heteroatoms. The van der Waals surface area contributed by atoms with Crippen molar-refractivity contribution in [2.24, 2.45) is 5.92 Å². The highest BCUT2D eigenvalue weighted by Gasteiger charge is 2.39. The number of fused-ring (bicyclic) bond motifs is 4. The Hall–Kier alpha value is -3.67. The van der Waals surface area contributed by atoms with Crippen molar-refractivity contribution in [2.75, 3.05) is 10.6 Å². The zero-order valence-corrected chi connectivity index (χ0v) is 28.3. The molecule has 3 aromatic carbocycles. The molecule has 0 saturated heterocycles. The molecule has 0 bridgehead atoms. The maximum atomic E-state index is 13.2. The summed E-state index contributed by atoms with van der Waals surface area (Å²) >= 11 is 5.97. The lowest BCUT2D eigenvalue weighted by atomic mass is 9.83. The molecule has 0 aliphatic heterocycles. The van der Waals surface area contributed by atoms with Crippen LogP contribution in [0, 0.1) is 5.92 Å². The van der Waals surface area contributed by atoms with E-state index in [0.29, 0.717) is 5.02 Å². The van der Waals surface area contributed by atoms with Crippen LogP contribution in [-0.4, -0.2) is 24.7 Å². The summed E-state index contributed by atoms with van der Waals surface area (Å²) < 4.78 is 41.6. The van der Waals surface area contributed by atoms with Crippen LogP contribution in [0.5, 0.6) is 0 Å². The average molecular weight is 693 g/mol. The second-order valence-electron chi connectivity index (χ2n) is 12.9. The van der Waals surface area contributed by atoms with Crippen molar-refractivity contribution in [1.29, 1.82) is 0 Å². The van der Waals surface area contributed by atoms with Gasteiger partial charge in [0.25, 0.3) is 10.0 Å². The molecule has 0 heterocycles. The molecular weight excluding hydrogens is 656 g/mol. The Balaban J connectivity index is 1.14. The van der Waals surface area contributed by atoms with Gasteiger partial charge in [0.05, 0.1) is 5.75 Å².